The first-order chi connectivity index (χ1) is 8.76. The number of nitrogens with one attached hydrogen (secondary N) is 1. The molecule has 0 bridgehead atoms. The van der Waals surface area contributed by atoms with Crippen LogP contribution >= 0.6 is 0 Å². The predicted octanol–water partition coefficient (Wildman–Crippen LogP) is 1.36. The minimum Gasteiger partial charge on any atom is -0.493 e. The Labute approximate surface area is 106 Å². The Bertz CT molecular complexity index is 405. The molecule has 5 heteroatoms. The highest BCUT2D eigenvalue weighted by molar-refractivity contribution is 5.80. The van der Waals surface area contributed by atoms with E-state index in [9.17, 15) is 4.79 Å². The van der Waals surface area contributed by atoms with Crippen LogP contribution in [0.5, 0.6) is 17.2 Å². The predicted molar refractivity (Wildman–Crippen MR) is 66.2 cm³/mol. The van der Waals surface area contributed by atoms with Crippen LogP contribution in [0.4, 0.5) is 0 Å². The largest absolute Gasteiger partial charge is 0.493 e. The molecule has 1 saturated heterocycles. The SMILES string of the molecule is COc1cccc(OC)c1OC(=O)C1CCCN1. The first-order valence-electron chi connectivity index (χ1n) is 5.92. The molecule has 0 spiro atoms. The summed E-state index contributed by atoms with van der Waals surface area (Å²) in [4.78, 5) is 12.0. The summed E-state index contributed by atoms with van der Waals surface area (Å²) in [5, 5.41) is 3.10. The van der Waals surface area contributed by atoms with E-state index in [0.29, 0.717) is 17.2 Å². The number of benzene rings is 1. The van der Waals surface area contributed by atoms with Crippen molar-refractivity contribution in [3.63, 3.8) is 0 Å². The Balaban J connectivity index is 2.18. The number of carbonyl (C=O) groups is 1. The molecule has 5 nitrogen and oxygen atoms in total. The molecule has 1 fully saturated rings. The van der Waals surface area contributed by atoms with E-state index in [2.05, 4.69) is 5.32 Å². The van der Waals surface area contributed by atoms with E-state index >= 15 is 0 Å². The normalized spacial score (nSPS) is 18.4. The summed E-state index contributed by atoms with van der Waals surface area (Å²) < 4.78 is 15.7. The first-order valence-corrected chi connectivity index (χ1v) is 5.92. The minimum absolute atomic E-state index is 0.236. The van der Waals surface area contributed by atoms with Gasteiger partial charge in [0, 0.05) is 0 Å². The topological polar surface area (TPSA) is 56.8 Å². The molecule has 0 radical (unpaired) electrons. The van der Waals surface area contributed by atoms with Gasteiger partial charge >= 0.3 is 5.97 Å². The van der Waals surface area contributed by atoms with E-state index in [1.54, 1.807) is 18.2 Å². The Morgan fingerprint density at radius 3 is 2.44 bits per heavy atom. The molecule has 0 aliphatic carbocycles. The van der Waals surface area contributed by atoms with E-state index in [0.717, 1.165) is 19.4 Å². The Morgan fingerprint density at radius 1 is 1.28 bits per heavy atom. The van der Waals surface area contributed by atoms with Crippen LogP contribution < -0.4 is 19.5 Å². The van der Waals surface area contributed by atoms with E-state index in [4.69, 9.17) is 14.2 Å². The number of methoxy groups -OCH3 is 2. The number of ether oxygens (including phenoxy) is 3. The van der Waals surface area contributed by atoms with Crippen molar-refractivity contribution in [3.05, 3.63) is 18.2 Å². The van der Waals surface area contributed by atoms with Gasteiger partial charge in [0.15, 0.2) is 11.5 Å². The maximum Gasteiger partial charge on any atom is 0.328 e. The summed E-state index contributed by atoms with van der Waals surface area (Å²) in [6, 6.07) is 5.00. The zero-order valence-electron chi connectivity index (χ0n) is 10.6. The number of hydrogen-bond acceptors (Lipinski definition) is 5. The highest BCUT2D eigenvalue weighted by Crippen LogP contribution is 2.37. The van der Waals surface area contributed by atoms with Crippen LogP contribution in [0.25, 0.3) is 0 Å². The fourth-order valence-corrected chi connectivity index (χ4v) is 1.98. The molecule has 1 aliphatic heterocycles. The number of para-hydroxylation sites is 1. The van der Waals surface area contributed by atoms with Crippen molar-refractivity contribution in [3.8, 4) is 17.2 Å². The standard InChI is InChI=1S/C13H17NO4/c1-16-10-6-3-7-11(17-2)12(10)18-13(15)9-5-4-8-14-9/h3,6-7,9,14H,4-5,8H2,1-2H3. The van der Waals surface area contributed by atoms with Crippen molar-refractivity contribution in [2.45, 2.75) is 18.9 Å². The molecule has 98 valence electrons. The summed E-state index contributed by atoms with van der Waals surface area (Å²) >= 11 is 0. The second-order valence-electron chi connectivity index (χ2n) is 4.06. The lowest BCUT2D eigenvalue weighted by molar-refractivity contribution is -0.136. The Hall–Kier alpha value is -1.75. The van der Waals surface area contributed by atoms with Gasteiger partial charge in [-0.3, -0.25) is 0 Å². The molecule has 1 N–H and O–H groups in total. The Kier molecular flexibility index (Phi) is 4.04. The third-order valence-corrected chi connectivity index (χ3v) is 2.93. The lowest BCUT2D eigenvalue weighted by atomic mass is 10.2. The number of carbonyl (C=O) groups excluding carboxylic acids is 1. The number of hydrogen-bond donors (Lipinski definition) is 1. The summed E-state index contributed by atoms with van der Waals surface area (Å²) in [7, 11) is 3.06. The molecule has 1 atom stereocenters. The molecular formula is C13H17NO4. The molecule has 2 rings (SSSR count). The molecule has 0 amide bonds. The van der Waals surface area contributed by atoms with Gasteiger partial charge < -0.3 is 19.5 Å². The second-order valence-corrected chi connectivity index (χ2v) is 4.06. The Morgan fingerprint density at radius 2 is 1.94 bits per heavy atom. The zero-order valence-corrected chi connectivity index (χ0v) is 10.6. The van der Waals surface area contributed by atoms with Crippen LogP contribution in [-0.2, 0) is 4.79 Å². The first kappa shape index (κ1) is 12.7. The van der Waals surface area contributed by atoms with Gasteiger partial charge in [0.25, 0.3) is 0 Å². The monoisotopic (exact) mass is 251 g/mol. The fourth-order valence-electron chi connectivity index (χ4n) is 1.98. The molecule has 1 aromatic rings. The van der Waals surface area contributed by atoms with Gasteiger partial charge in [-0.2, -0.15) is 0 Å². The molecule has 1 unspecified atom stereocenters. The lowest BCUT2D eigenvalue weighted by Gasteiger charge is -2.15. The van der Waals surface area contributed by atoms with E-state index < -0.39 is 0 Å². The third kappa shape index (κ3) is 2.56. The molecule has 0 aromatic heterocycles. The van der Waals surface area contributed by atoms with Gasteiger partial charge in [-0.25, -0.2) is 4.79 Å². The van der Waals surface area contributed by atoms with Gasteiger partial charge in [0.2, 0.25) is 5.75 Å². The average Bonchev–Trinajstić information content (AvgIpc) is 2.93. The molecular weight excluding hydrogens is 234 g/mol. The van der Waals surface area contributed by atoms with Gasteiger partial charge in [0.1, 0.15) is 6.04 Å². The third-order valence-electron chi connectivity index (χ3n) is 2.93. The maximum absolute atomic E-state index is 12.0. The molecule has 0 saturated carbocycles. The molecule has 1 heterocycles. The second kappa shape index (κ2) is 5.73. The average molecular weight is 251 g/mol. The fraction of sp³-hybridized carbons (Fsp3) is 0.462. The van der Waals surface area contributed by atoms with Crippen molar-refractivity contribution in [2.75, 3.05) is 20.8 Å². The maximum atomic E-state index is 12.0. The molecule has 1 aliphatic rings. The smallest absolute Gasteiger partial charge is 0.328 e. The van der Waals surface area contributed by atoms with Gasteiger partial charge in [-0.15, -0.1) is 0 Å². The highest BCUT2D eigenvalue weighted by atomic mass is 16.6. The quantitative estimate of drug-likeness (QED) is 0.647. The van der Waals surface area contributed by atoms with Crippen molar-refractivity contribution in [2.24, 2.45) is 0 Å². The van der Waals surface area contributed by atoms with Crippen LogP contribution in [0, 0.1) is 0 Å². The van der Waals surface area contributed by atoms with E-state index in [-0.39, 0.29) is 12.0 Å². The minimum atomic E-state index is -0.296. The van der Waals surface area contributed by atoms with Crippen molar-refractivity contribution in [1.29, 1.82) is 0 Å². The van der Waals surface area contributed by atoms with E-state index in [1.807, 2.05) is 0 Å². The summed E-state index contributed by atoms with van der Waals surface area (Å²) in [6.45, 7) is 0.850. The van der Waals surface area contributed by atoms with Crippen LogP contribution in [0.1, 0.15) is 12.8 Å². The van der Waals surface area contributed by atoms with Crippen LogP contribution in [0.15, 0.2) is 18.2 Å². The summed E-state index contributed by atoms with van der Waals surface area (Å²) in [5.41, 5.74) is 0. The van der Waals surface area contributed by atoms with Crippen LogP contribution in [0.2, 0.25) is 0 Å². The van der Waals surface area contributed by atoms with Gasteiger partial charge in [-0.1, -0.05) is 6.07 Å². The van der Waals surface area contributed by atoms with Gasteiger partial charge in [0.05, 0.1) is 14.2 Å². The van der Waals surface area contributed by atoms with Crippen LogP contribution in [0.3, 0.4) is 0 Å². The molecule has 1 aromatic carbocycles. The zero-order chi connectivity index (χ0) is 13.0. The lowest BCUT2D eigenvalue weighted by Crippen LogP contribution is -2.34. The van der Waals surface area contributed by atoms with Crippen molar-refractivity contribution in [1.82, 2.24) is 5.32 Å². The summed E-state index contributed by atoms with van der Waals surface area (Å²) in [6.07, 6.45) is 1.79. The van der Waals surface area contributed by atoms with Crippen molar-refractivity contribution >= 4 is 5.97 Å². The van der Waals surface area contributed by atoms with Crippen LogP contribution in [-0.4, -0.2) is 32.8 Å². The molecule has 18 heavy (non-hydrogen) atoms. The van der Waals surface area contributed by atoms with Crippen molar-refractivity contribution < 1.29 is 19.0 Å². The highest BCUT2D eigenvalue weighted by Gasteiger charge is 2.26. The van der Waals surface area contributed by atoms with Gasteiger partial charge in [-0.05, 0) is 31.5 Å². The number of rotatable bonds is 4. The number of esters is 1. The van der Waals surface area contributed by atoms with E-state index in [1.165, 1.54) is 14.2 Å². The summed E-state index contributed by atoms with van der Waals surface area (Å²) in [5.74, 6) is 1.01.